The Morgan fingerprint density at radius 2 is 1.93 bits per heavy atom. The monoisotopic (exact) mass is 388 g/mol. The number of carbonyl (C=O) groups is 3. The van der Waals surface area contributed by atoms with E-state index in [1.54, 1.807) is 18.2 Å². The number of carbonyl (C=O) groups excluding carboxylic acids is 2. The van der Waals surface area contributed by atoms with E-state index in [-0.39, 0.29) is 29.3 Å². The van der Waals surface area contributed by atoms with Crippen LogP contribution in [0.3, 0.4) is 0 Å². The second kappa shape index (κ2) is 8.79. The van der Waals surface area contributed by atoms with Crippen molar-refractivity contribution in [3.63, 3.8) is 0 Å². The number of carboxylic acid groups (broad SMARTS) is 1. The molecule has 3 rings (SSSR count). The molecule has 3 N–H and O–H groups in total. The van der Waals surface area contributed by atoms with E-state index in [0.29, 0.717) is 17.0 Å². The topological polar surface area (TPSA) is 105 Å². The molecular weight excluding hydrogens is 368 g/mol. The normalized spacial score (nSPS) is 16.1. The summed E-state index contributed by atoms with van der Waals surface area (Å²) in [6.07, 6.45) is 2.06. The van der Waals surface area contributed by atoms with Gasteiger partial charge in [-0.1, -0.05) is 12.1 Å². The van der Waals surface area contributed by atoms with E-state index in [0.717, 1.165) is 36.3 Å². The van der Waals surface area contributed by atoms with Crippen molar-refractivity contribution >= 4 is 29.1 Å². The van der Waals surface area contributed by atoms with E-state index in [1.165, 1.54) is 12.1 Å². The summed E-state index contributed by atoms with van der Waals surface area (Å²) in [4.78, 5) is 35.7. The SMILES string of the molecule is O=C(NCC1CCCO1)c1cccc(CNC(=O)c2ccc(C(=O)O)s2)c1. The number of thiophene rings is 1. The molecule has 0 saturated carbocycles. The number of benzene rings is 1. The number of aromatic carboxylic acids is 1. The highest BCUT2D eigenvalue weighted by molar-refractivity contribution is 7.15. The molecule has 1 fully saturated rings. The fourth-order valence-electron chi connectivity index (χ4n) is 2.78. The summed E-state index contributed by atoms with van der Waals surface area (Å²) in [5, 5.41) is 14.5. The quantitative estimate of drug-likeness (QED) is 0.675. The summed E-state index contributed by atoms with van der Waals surface area (Å²) < 4.78 is 5.49. The first-order valence-electron chi connectivity index (χ1n) is 8.63. The van der Waals surface area contributed by atoms with Gasteiger partial charge in [-0.3, -0.25) is 9.59 Å². The molecule has 1 aromatic carbocycles. The summed E-state index contributed by atoms with van der Waals surface area (Å²) in [7, 11) is 0. The van der Waals surface area contributed by atoms with Crippen molar-refractivity contribution in [2.45, 2.75) is 25.5 Å². The Morgan fingerprint density at radius 1 is 1.11 bits per heavy atom. The predicted molar refractivity (Wildman–Crippen MR) is 100 cm³/mol. The van der Waals surface area contributed by atoms with Crippen molar-refractivity contribution in [3.8, 4) is 0 Å². The lowest BCUT2D eigenvalue weighted by atomic mass is 10.1. The Hall–Kier alpha value is -2.71. The van der Waals surface area contributed by atoms with Crippen LogP contribution in [0.1, 0.15) is 48.1 Å². The summed E-state index contributed by atoms with van der Waals surface area (Å²) in [5.41, 5.74) is 1.30. The third-order valence-corrected chi connectivity index (χ3v) is 5.27. The van der Waals surface area contributed by atoms with Gasteiger partial charge in [-0.25, -0.2) is 4.79 Å². The molecule has 1 aromatic heterocycles. The summed E-state index contributed by atoms with van der Waals surface area (Å²) in [5.74, 6) is -1.58. The minimum Gasteiger partial charge on any atom is -0.477 e. The highest BCUT2D eigenvalue weighted by atomic mass is 32.1. The van der Waals surface area contributed by atoms with Gasteiger partial charge in [0.2, 0.25) is 0 Å². The Balaban J connectivity index is 1.54. The van der Waals surface area contributed by atoms with Gasteiger partial charge in [0.05, 0.1) is 11.0 Å². The zero-order valence-electron chi connectivity index (χ0n) is 14.6. The molecule has 8 heteroatoms. The summed E-state index contributed by atoms with van der Waals surface area (Å²) >= 11 is 0.923. The zero-order chi connectivity index (χ0) is 19.2. The van der Waals surface area contributed by atoms with Crippen LogP contribution in [0.25, 0.3) is 0 Å². The molecule has 142 valence electrons. The van der Waals surface area contributed by atoms with Gasteiger partial charge in [-0.2, -0.15) is 0 Å². The van der Waals surface area contributed by atoms with Crippen molar-refractivity contribution in [1.82, 2.24) is 10.6 Å². The Bertz CT molecular complexity index is 842. The van der Waals surface area contributed by atoms with Crippen LogP contribution in [-0.4, -0.2) is 42.1 Å². The largest absolute Gasteiger partial charge is 0.477 e. The van der Waals surface area contributed by atoms with Gasteiger partial charge in [0.1, 0.15) is 4.88 Å². The van der Waals surface area contributed by atoms with Gasteiger partial charge in [-0.05, 0) is 42.7 Å². The van der Waals surface area contributed by atoms with Crippen molar-refractivity contribution < 1.29 is 24.2 Å². The predicted octanol–water partition coefficient (Wildman–Crippen LogP) is 2.29. The van der Waals surface area contributed by atoms with Gasteiger partial charge in [0.15, 0.2) is 0 Å². The van der Waals surface area contributed by atoms with Crippen LogP contribution in [0.4, 0.5) is 0 Å². The highest BCUT2D eigenvalue weighted by Gasteiger charge is 2.17. The first kappa shape index (κ1) is 19.1. The van der Waals surface area contributed by atoms with Crippen molar-refractivity contribution in [2.24, 2.45) is 0 Å². The maximum atomic E-state index is 12.3. The average Bonchev–Trinajstić information content (AvgIpc) is 3.36. The van der Waals surface area contributed by atoms with E-state index in [9.17, 15) is 14.4 Å². The lowest BCUT2D eigenvalue weighted by Gasteiger charge is -2.11. The second-order valence-electron chi connectivity index (χ2n) is 6.20. The second-order valence-corrected chi connectivity index (χ2v) is 7.28. The first-order valence-corrected chi connectivity index (χ1v) is 9.44. The van der Waals surface area contributed by atoms with Gasteiger partial charge in [0.25, 0.3) is 11.8 Å². The van der Waals surface area contributed by atoms with Gasteiger partial charge >= 0.3 is 5.97 Å². The Labute approximate surface area is 160 Å². The third-order valence-electron chi connectivity index (χ3n) is 4.20. The Kier molecular flexibility index (Phi) is 6.20. The molecule has 0 radical (unpaired) electrons. The molecule has 1 aliphatic heterocycles. The van der Waals surface area contributed by atoms with Crippen LogP contribution in [0.15, 0.2) is 36.4 Å². The molecule has 7 nitrogen and oxygen atoms in total. The minimum absolute atomic E-state index is 0.0814. The molecule has 0 spiro atoms. The minimum atomic E-state index is -1.05. The number of ether oxygens (including phenoxy) is 1. The molecule has 0 aliphatic carbocycles. The van der Waals surface area contributed by atoms with E-state index in [4.69, 9.17) is 9.84 Å². The summed E-state index contributed by atoms with van der Waals surface area (Å²) in [6, 6.07) is 9.90. The maximum Gasteiger partial charge on any atom is 0.345 e. The van der Waals surface area contributed by atoms with E-state index in [1.807, 2.05) is 6.07 Å². The highest BCUT2D eigenvalue weighted by Crippen LogP contribution is 2.16. The van der Waals surface area contributed by atoms with Gasteiger partial charge in [-0.15, -0.1) is 11.3 Å². The van der Waals surface area contributed by atoms with Gasteiger partial charge < -0.3 is 20.5 Å². The number of nitrogens with one attached hydrogen (secondary N) is 2. The molecule has 2 amide bonds. The van der Waals surface area contributed by atoms with Crippen LogP contribution in [0.2, 0.25) is 0 Å². The molecule has 1 aliphatic rings. The molecular formula is C19H20N2O5S. The van der Waals surface area contributed by atoms with Crippen LogP contribution < -0.4 is 10.6 Å². The van der Waals surface area contributed by atoms with E-state index >= 15 is 0 Å². The van der Waals surface area contributed by atoms with Crippen LogP contribution in [0, 0.1) is 0 Å². The number of carboxylic acids is 1. The molecule has 27 heavy (non-hydrogen) atoms. The molecule has 1 unspecified atom stereocenters. The lowest BCUT2D eigenvalue weighted by Crippen LogP contribution is -2.31. The standard InChI is InChI=1S/C19H20N2O5S/c22-17(21-11-14-5-2-8-26-14)13-4-1-3-12(9-13)10-20-18(23)15-6-7-16(27-15)19(24)25/h1,3-4,6-7,9,14H,2,5,8,10-11H2,(H,20,23)(H,21,22)(H,24,25). The van der Waals surface area contributed by atoms with Crippen LogP contribution >= 0.6 is 11.3 Å². The van der Waals surface area contributed by atoms with Crippen molar-refractivity contribution in [1.29, 1.82) is 0 Å². The molecule has 2 heterocycles. The third kappa shape index (κ3) is 5.15. The van der Waals surface area contributed by atoms with E-state index in [2.05, 4.69) is 10.6 Å². The average molecular weight is 388 g/mol. The molecule has 2 aromatic rings. The van der Waals surface area contributed by atoms with E-state index < -0.39 is 5.97 Å². The number of hydrogen-bond acceptors (Lipinski definition) is 5. The van der Waals surface area contributed by atoms with Gasteiger partial charge in [0, 0.05) is 25.3 Å². The maximum absolute atomic E-state index is 12.3. The summed E-state index contributed by atoms with van der Waals surface area (Å²) in [6.45, 7) is 1.48. The van der Waals surface area contributed by atoms with Crippen LogP contribution in [0.5, 0.6) is 0 Å². The number of hydrogen-bond donors (Lipinski definition) is 3. The zero-order valence-corrected chi connectivity index (χ0v) is 15.4. The Morgan fingerprint density at radius 3 is 2.63 bits per heavy atom. The fourth-order valence-corrected chi connectivity index (χ4v) is 3.54. The fraction of sp³-hybridized carbons (Fsp3) is 0.316. The number of amides is 2. The smallest absolute Gasteiger partial charge is 0.345 e. The lowest BCUT2D eigenvalue weighted by molar-refractivity contribution is 0.0701. The molecule has 0 bridgehead atoms. The van der Waals surface area contributed by atoms with Crippen molar-refractivity contribution in [2.75, 3.05) is 13.2 Å². The first-order chi connectivity index (χ1) is 13.0. The van der Waals surface area contributed by atoms with Crippen LogP contribution in [-0.2, 0) is 11.3 Å². The van der Waals surface area contributed by atoms with Crippen molar-refractivity contribution in [3.05, 3.63) is 57.3 Å². The molecule has 1 atom stereocenters. The number of rotatable bonds is 7. The molecule has 1 saturated heterocycles.